The first kappa shape index (κ1) is 27.4. The van der Waals surface area contributed by atoms with Gasteiger partial charge in [-0.1, -0.05) is 49.7 Å². The summed E-state index contributed by atoms with van der Waals surface area (Å²) in [6, 6.07) is 16.1. The summed E-state index contributed by atoms with van der Waals surface area (Å²) < 4.78 is 7.14. The first-order valence-corrected chi connectivity index (χ1v) is 12.5. The second-order valence-corrected chi connectivity index (χ2v) is 9.88. The molecule has 194 valence electrons. The molecule has 0 spiro atoms. The predicted molar refractivity (Wildman–Crippen MR) is 141 cm³/mol. The third kappa shape index (κ3) is 7.42. The first-order valence-electron chi connectivity index (χ1n) is 12.1. The number of aliphatic carboxylic acids is 1. The molecule has 0 aliphatic carbocycles. The lowest BCUT2D eigenvalue weighted by atomic mass is 9.99. The van der Waals surface area contributed by atoms with Gasteiger partial charge in [0.1, 0.15) is 5.75 Å². The maximum atomic E-state index is 11.8. The highest BCUT2D eigenvalue weighted by Gasteiger charge is 2.24. The van der Waals surface area contributed by atoms with Crippen molar-refractivity contribution in [3.05, 3.63) is 76.3 Å². The Morgan fingerprint density at radius 2 is 1.72 bits per heavy atom. The molecule has 0 aliphatic rings. The Labute approximate surface area is 217 Å². The molecule has 0 fully saturated rings. The van der Waals surface area contributed by atoms with E-state index in [0.717, 1.165) is 29.0 Å². The topological polar surface area (TPSA) is 95.2 Å². The van der Waals surface area contributed by atoms with Crippen molar-refractivity contribution in [2.24, 2.45) is 5.92 Å². The van der Waals surface area contributed by atoms with Gasteiger partial charge in [0.25, 0.3) is 0 Å². The summed E-state index contributed by atoms with van der Waals surface area (Å²) in [5.74, 6) is 0.334. The van der Waals surface area contributed by atoms with Crippen LogP contribution in [-0.2, 0) is 24.3 Å². The minimum atomic E-state index is -0.851. The Hall–Kier alpha value is -3.16. The van der Waals surface area contributed by atoms with Crippen molar-refractivity contribution >= 4 is 17.6 Å². The van der Waals surface area contributed by atoms with Gasteiger partial charge in [-0.25, -0.2) is 0 Å². The van der Waals surface area contributed by atoms with Gasteiger partial charge in [0.05, 0.1) is 13.5 Å². The van der Waals surface area contributed by atoms with Gasteiger partial charge in [-0.15, -0.1) is 0 Å². The zero-order valence-electron chi connectivity index (χ0n) is 21.0. The van der Waals surface area contributed by atoms with E-state index in [2.05, 4.69) is 24.8 Å². The van der Waals surface area contributed by atoms with Crippen LogP contribution in [0.5, 0.6) is 17.5 Å². The van der Waals surface area contributed by atoms with Gasteiger partial charge in [-0.3, -0.25) is 14.3 Å². The number of halogens is 1. The number of aromatic nitrogens is 1. The van der Waals surface area contributed by atoms with Crippen LogP contribution >= 0.6 is 11.6 Å². The van der Waals surface area contributed by atoms with E-state index in [1.54, 1.807) is 19.2 Å². The zero-order chi connectivity index (χ0) is 26.2. The molecule has 1 atom stereocenters. The van der Waals surface area contributed by atoms with Crippen LogP contribution in [0.15, 0.2) is 54.6 Å². The molecule has 0 saturated carbocycles. The summed E-state index contributed by atoms with van der Waals surface area (Å²) in [7, 11) is 1.64. The predicted octanol–water partition coefficient (Wildman–Crippen LogP) is 5.87. The maximum Gasteiger partial charge on any atom is 0.305 e. The van der Waals surface area contributed by atoms with E-state index < -0.39 is 5.97 Å². The molecule has 8 heteroatoms. The Balaban J connectivity index is 1.79. The van der Waals surface area contributed by atoms with E-state index in [-0.39, 0.29) is 24.2 Å². The number of methoxy groups -OCH3 is 1. The molecule has 1 heterocycles. The second kappa shape index (κ2) is 12.7. The molecule has 7 nitrogen and oxygen atoms in total. The molecular formula is C28H35ClN2O5. The Morgan fingerprint density at radius 1 is 1.06 bits per heavy atom. The van der Waals surface area contributed by atoms with Crippen LogP contribution in [0.2, 0.25) is 5.02 Å². The summed E-state index contributed by atoms with van der Waals surface area (Å²) in [6.45, 7) is 6.03. The van der Waals surface area contributed by atoms with Gasteiger partial charge in [-0.2, -0.15) is 0 Å². The van der Waals surface area contributed by atoms with E-state index in [0.29, 0.717) is 36.9 Å². The van der Waals surface area contributed by atoms with Crippen LogP contribution in [0.4, 0.5) is 0 Å². The van der Waals surface area contributed by atoms with Crippen molar-refractivity contribution in [2.45, 2.75) is 52.2 Å². The molecule has 1 unspecified atom stereocenters. The van der Waals surface area contributed by atoms with Gasteiger partial charge >= 0.3 is 5.97 Å². The Morgan fingerprint density at radius 3 is 2.31 bits per heavy atom. The molecule has 0 amide bonds. The lowest BCUT2D eigenvalue weighted by Gasteiger charge is -2.33. The summed E-state index contributed by atoms with van der Waals surface area (Å²) in [6.07, 6.45) is 1.41. The third-order valence-corrected chi connectivity index (χ3v) is 6.41. The highest BCUT2D eigenvalue weighted by Crippen LogP contribution is 2.30. The molecule has 0 aliphatic heterocycles. The molecule has 2 aromatic carbocycles. The Bertz CT molecular complexity index is 1120. The monoisotopic (exact) mass is 514 g/mol. The van der Waals surface area contributed by atoms with Crippen LogP contribution < -0.4 is 4.74 Å². The van der Waals surface area contributed by atoms with Gasteiger partial charge in [0, 0.05) is 42.8 Å². The molecular weight excluding hydrogens is 480 g/mol. The standard InChI is InChI=1S/C28H35ClN2O5/c1-19(2)17-30(24(16-28(34)35)21-8-10-23(29)11-9-21)18-20-6-7-22(25(15-20)36-3)5-4-14-31-26(32)12-13-27(31)33/h6-13,15,19,24,32-33H,4-5,14,16-18H2,1-3H3,(H,34,35). The van der Waals surface area contributed by atoms with E-state index in [4.69, 9.17) is 16.3 Å². The minimum absolute atomic E-state index is 0.0113. The molecule has 36 heavy (non-hydrogen) atoms. The fraction of sp³-hybridized carbons (Fsp3) is 0.393. The van der Waals surface area contributed by atoms with Crippen molar-refractivity contribution in [3.63, 3.8) is 0 Å². The van der Waals surface area contributed by atoms with E-state index in [1.807, 2.05) is 24.3 Å². The normalized spacial score (nSPS) is 12.3. The first-order chi connectivity index (χ1) is 17.2. The van der Waals surface area contributed by atoms with Gasteiger partial charge < -0.3 is 20.1 Å². The average Bonchev–Trinajstić information content (AvgIpc) is 3.15. The molecule has 0 saturated heterocycles. The number of carbonyl (C=O) groups is 1. The quantitative estimate of drug-likeness (QED) is 0.264. The van der Waals surface area contributed by atoms with Crippen LogP contribution in [0, 0.1) is 5.92 Å². The number of aromatic hydroxyl groups is 2. The fourth-order valence-corrected chi connectivity index (χ4v) is 4.64. The number of carboxylic acid groups (broad SMARTS) is 1. The zero-order valence-corrected chi connectivity index (χ0v) is 21.8. The number of aryl methyl sites for hydroxylation is 1. The summed E-state index contributed by atoms with van der Waals surface area (Å²) in [5, 5.41) is 29.9. The average molecular weight is 515 g/mol. The van der Waals surface area contributed by atoms with Gasteiger partial charge in [0.2, 0.25) is 0 Å². The molecule has 1 aromatic heterocycles. The highest BCUT2D eigenvalue weighted by molar-refractivity contribution is 6.30. The van der Waals surface area contributed by atoms with E-state index in [9.17, 15) is 20.1 Å². The second-order valence-electron chi connectivity index (χ2n) is 9.44. The highest BCUT2D eigenvalue weighted by atomic mass is 35.5. The lowest BCUT2D eigenvalue weighted by molar-refractivity contribution is -0.138. The molecule has 3 rings (SSSR count). The van der Waals surface area contributed by atoms with Crippen LogP contribution in [-0.4, -0.2) is 44.4 Å². The summed E-state index contributed by atoms with van der Waals surface area (Å²) >= 11 is 6.07. The summed E-state index contributed by atoms with van der Waals surface area (Å²) in [4.78, 5) is 14.0. The van der Waals surface area contributed by atoms with Crippen LogP contribution in [0.1, 0.15) is 49.4 Å². The van der Waals surface area contributed by atoms with Crippen molar-refractivity contribution in [2.75, 3.05) is 13.7 Å². The number of rotatable bonds is 13. The SMILES string of the molecule is COc1cc(CN(CC(C)C)C(CC(=O)O)c2ccc(Cl)cc2)ccc1CCCn1c(O)ccc1O. The number of benzene rings is 2. The van der Waals surface area contributed by atoms with Crippen molar-refractivity contribution in [1.29, 1.82) is 0 Å². The number of carboxylic acids is 1. The van der Waals surface area contributed by atoms with Gasteiger partial charge in [0.15, 0.2) is 11.8 Å². The number of hydrogen-bond donors (Lipinski definition) is 3. The molecule has 0 bridgehead atoms. The van der Waals surface area contributed by atoms with Gasteiger partial charge in [-0.05, 0) is 53.6 Å². The van der Waals surface area contributed by atoms with Crippen molar-refractivity contribution in [1.82, 2.24) is 9.47 Å². The third-order valence-electron chi connectivity index (χ3n) is 6.16. The van der Waals surface area contributed by atoms with Crippen LogP contribution in [0.25, 0.3) is 0 Å². The molecule has 3 N–H and O–H groups in total. The largest absolute Gasteiger partial charge is 0.496 e. The van der Waals surface area contributed by atoms with Crippen molar-refractivity contribution in [3.8, 4) is 17.5 Å². The fourth-order valence-electron chi connectivity index (χ4n) is 4.51. The lowest BCUT2D eigenvalue weighted by Crippen LogP contribution is -2.33. The van der Waals surface area contributed by atoms with E-state index >= 15 is 0 Å². The van der Waals surface area contributed by atoms with Crippen molar-refractivity contribution < 1.29 is 24.9 Å². The number of hydrogen-bond acceptors (Lipinski definition) is 5. The maximum absolute atomic E-state index is 11.8. The minimum Gasteiger partial charge on any atom is -0.496 e. The van der Waals surface area contributed by atoms with E-state index in [1.165, 1.54) is 16.7 Å². The summed E-state index contributed by atoms with van der Waals surface area (Å²) in [5.41, 5.74) is 2.98. The Kier molecular flexibility index (Phi) is 9.67. The van der Waals surface area contributed by atoms with Crippen LogP contribution in [0.3, 0.4) is 0 Å². The molecule has 3 aromatic rings. The smallest absolute Gasteiger partial charge is 0.305 e. The molecule has 0 radical (unpaired) electrons. The number of nitrogens with zero attached hydrogens (tertiary/aromatic N) is 2. The number of ether oxygens (including phenoxy) is 1.